The summed E-state index contributed by atoms with van der Waals surface area (Å²) in [5, 5.41) is 11.8. The van der Waals surface area contributed by atoms with Gasteiger partial charge in [-0.25, -0.2) is 14.4 Å². The number of carbonyl (C=O) groups excluding carboxylic acids is 2. The van der Waals surface area contributed by atoms with Crippen molar-refractivity contribution in [2.75, 3.05) is 24.7 Å². The summed E-state index contributed by atoms with van der Waals surface area (Å²) < 4.78 is 37.7. The zero-order valence-electron chi connectivity index (χ0n) is 22.4. The Bertz CT molecular complexity index is 1130. The van der Waals surface area contributed by atoms with Crippen LogP contribution in [0.5, 0.6) is 0 Å². The Labute approximate surface area is 225 Å². The SMILES string of the molecule is CC(C)OC(=O)[C@@H](C)NP(=O)(OCCSC(=O)C(C)(C)CO)OC1C2[C@@H]1O[C@@H](n1ccc(N)nc1=O)[C@H]2C. The van der Waals surface area contributed by atoms with Gasteiger partial charge in [0.2, 0.25) is 0 Å². The summed E-state index contributed by atoms with van der Waals surface area (Å²) in [7, 11) is -4.06. The number of hydrogen-bond acceptors (Lipinski definition) is 12. The lowest BCUT2D eigenvalue weighted by Crippen LogP contribution is -2.36. The normalized spacial score (nSPS) is 27.0. The van der Waals surface area contributed by atoms with E-state index in [1.165, 1.54) is 23.8 Å². The molecule has 2 aliphatic rings. The number of ether oxygens (including phenoxy) is 2. The zero-order valence-corrected chi connectivity index (χ0v) is 24.1. The number of aromatic nitrogens is 2. The fraction of sp³-hybridized carbons (Fsp3) is 0.739. The van der Waals surface area contributed by atoms with Gasteiger partial charge in [0.15, 0.2) is 5.12 Å². The predicted molar refractivity (Wildman–Crippen MR) is 140 cm³/mol. The van der Waals surface area contributed by atoms with E-state index < -0.39 is 49.3 Å². The molecule has 0 radical (unpaired) electrons. The maximum Gasteiger partial charge on any atom is 0.406 e. The van der Waals surface area contributed by atoms with Crippen molar-refractivity contribution in [3.8, 4) is 0 Å². The average molecular weight is 577 g/mol. The van der Waals surface area contributed by atoms with E-state index in [4.69, 9.17) is 24.3 Å². The lowest BCUT2D eigenvalue weighted by molar-refractivity contribution is -0.149. The Morgan fingerprint density at radius 3 is 2.61 bits per heavy atom. The number of nitrogen functional groups attached to an aromatic ring is 1. The van der Waals surface area contributed by atoms with Gasteiger partial charge in [-0.2, -0.15) is 4.98 Å². The number of thioether (sulfide) groups is 1. The van der Waals surface area contributed by atoms with Crippen LogP contribution in [0, 0.1) is 17.3 Å². The van der Waals surface area contributed by atoms with Crippen LogP contribution in [0.2, 0.25) is 0 Å². The summed E-state index contributed by atoms with van der Waals surface area (Å²) in [5.74, 6) is -0.724. The zero-order chi connectivity index (χ0) is 28.4. The number of nitrogens with one attached hydrogen (secondary N) is 1. The van der Waals surface area contributed by atoms with Gasteiger partial charge in [-0.1, -0.05) is 18.7 Å². The topological polar surface area (TPSA) is 181 Å². The van der Waals surface area contributed by atoms with Gasteiger partial charge in [-0.3, -0.25) is 23.2 Å². The summed E-state index contributed by atoms with van der Waals surface area (Å²) in [6, 6.07) is 0.499. The number of aliphatic hydroxyl groups is 1. The number of hydrogen-bond donors (Lipinski definition) is 3. The van der Waals surface area contributed by atoms with Crippen LogP contribution in [0.15, 0.2) is 17.1 Å². The second-order valence-electron chi connectivity index (χ2n) is 10.4. The highest BCUT2D eigenvalue weighted by atomic mass is 32.2. The van der Waals surface area contributed by atoms with E-state index in [-0.39, 0.29) is 47.8 Å². The molecule has 1 aliphatic heterocycles. The third-order valence-corrected chi connectivity index (χ3v) is 9.20. The van der Waals surface area contributed by atoms with Crippen molar-refractivity contribution in [2.45, 2.75) is 72.1 Å². The number of rotatable bonds is 13. The Balaban J connectivity index is 1.65. The van der Waals surface area contributed by atoms with E-state index in [1.54, 1.807) is 27.7 Å². The first-order chi connectivity index (χ1) is 17.7. The van der Waals surface area contributed by atoms with Crippen LogP contribution in [-0.2, 0) is 32.7 Å². The number of aliphatic hydroxyl groups excluding tert-OH is 1. The molecule has 3 rings (SSSR count). The van der Waals surface area contributed by atoms with Crippen molar-refractivity contribution in [1.82, 2.24) is 14.6 Å². The molecule has 1 saturated heterocycles. The lowest BCUT2D eigenvalue weighted by Gasteiger charge is -2.26. The Morgan fingerprint density at radius 1 is 1.37 bits per heavy atom. The predicted octanol–water partition coefficient (Wildman–Crippen LogP) is 1.71. The molecule has 1 aliphatic carbocycles. The van der Waals surface area contributed by atoms with E-state index in [1.807, 2.05) is 6.92 Å². The summed E-state index contributed by atoms with van der Waals surface area (Å²) >= 11 is 0.942. The summed E-state index contributed by atoms with van der Waals surface area (Å²) in [6.07, 6.45) is -0.493. The number of nitrogens with two attached hydrogens (primary N) is 1. The number of anilines is 1. The minimum atomic E-state index is -4.06. The molecule has 1 saturated carbocycles. The average Bonchev–Trinajstić information content (AvgIpc) is 3.37. The number of esters is 1. The Kier molecular flexibility index (Phi) is 9.83. The highest BCUT2D eigenvalue weighted by Crippen LogP contribution is 2.60. The highest BCUT2D eigenvalue weighted by molar-refractivity contribution is 8.13. The lowest BCUT2D eigenvalue weighted by atomic mass is 9.97. The van der Waals surface area contributed by atoms with Crippen molar-refractivity contribution < 1.29 is 37.8 Å². The first-order valence-electron chi connectivity index (χ1n) is 12.4. The van der Waals surface area contributed by atoms with E-state index >= 15 is 0 Å². The fourth-order valence-corrected chi connectivity index (χ4v) is 6.64. The molecule has 7 atom stereocenters. The van der Waals surface area contributed by atoms with Crippen molar-refractivity contribution in [1.29, 1.82) is 0 Å². The number of nitrogens with zero attached hydrogens (tertiary/aromatic N) is 2. The van der Waals surface area contributed by atoms with Crippen LogP contribution in [-0.4, -0.2) is 69.1 Å². The molecule has 1 aromatic rings. The van der Waals surface area contributed by atoms with Crippen LogP contribution >= 0.6 is 19.5 Å². The molecule has 3 unspecified atom stereocenters. The molecule has 2 fully saturated rings. The Morgan fingerprint density at radius 2 is 2.05 bits per heavy atom. The van der Waals surface area contributed by atoms with Crippen LogP contribution in [0.25, 0.3) is 0 Å². The number of fused-ring (bicyclic) bond motifs is 1. The molecule has 0 bridgehead atoms. The van der Waals surface area contributed by atoms with Crippen LogP contribution in [0.3, 0.4) is 0 Å². The first-order valence-corrected chi connectivity index (χ1v) is 14.9. The molecule has 1 aromatic heterocycles. The molecule has 214 valence electrons. The highest BCUT2D eigenvalue weighted by Gasteiger charge is 2.65. The van der Waals surface area contributed by atoms with Crippen molar-refractivity contribution in [2.24, 2.45) is 17.3 Å². The van der Waals surface area contributed by atoms with Gasteiger partial charge in [0, 0.05) is 23.8 Å². The largest absolute Gasteiger partial charge is 0.462 e. The van der Waals surface area contributed by atoms with Crippen molar-refractivity contribution >= 4 is 36.4 Å². The van der Waals surface area contributed by atoms with Gasteiger partial charge in [-0.05, 0) is 40.7 Å². The van der Waals surface area contributed by atoms with E-state index in [9.17, 15) is 24.1 Å². The van der Waals surface area contributed by atoms with Crippen LogP contribution < -0.4 is 16.5 Å². The van der Waals surface area contributed by atoms with Crippen LogP contribution in [0.1, 0.15) is 47.8 Å². The van der Waals surface area contributed by atoms with Crippen molar-refractivity contribution in [3.63, 3.8) is 0 Å². The Hall–Kier alpha value is -1.80. The molecular weight excluding hydrogens is 539 g/mol. The first kappa shape index (κ1) is 30.7. The maximum atomic E-state index is 13.7. The summed E-state index contributed by atoms with van der Waals surface area (Å²) in [5.41, 5.74) is 4.11. The monoisotopic (exact) mass is 576 g/mol. The third-order valence-electron chi connectivity index (χ3n) is 6.26. The quantitative estimate of drug-likeness (QED) is 0.175. The second kappa shape index (κ2) is 12.2. The minimum Gasteiger partial charge on any atom is -0.462 e. The molecule has 4 N–H and O–H groups in total. The molecule has 13 nitrogen and oxygen atoms in total. The van der Waals surface area contributed by atoms with Crippen LogP contribution in [0.4, 0.5) is 5.82 Å². The number of carbonyl (C=O) groups is 2. The smallest absolute Gasteiger partial charge is 0.406 e. The summed E-state index contributed by atoms with van der Waals surface area (Å²) in [4.78, 5) is 40.6. The van der Waals surface area contributed by atoms with Gasteiger partial charge in [0.1, 0.15) is 24.2 Å². The van der Waals surface area contributed by atoms with E-state index in [0.717, 1.165) is 11.8 Å². The fourth-order valence-electron chi connectivity index (χ4n) is 4.02. The molecule has 38 heavy (non-hydrogen) atoms. The molecule has 0 aromatic carbocycles. The molecule has 15 heteroatoms. The van der Waals surface area contributed by atoms with Crippen molar-refractivity contribution in [3.05, 3.63) is 22.7 Å². The van der Waals surface area contributed by atoms with Gasteiger partial charge in [0.05, 0.1) is 30.8 Å². The molecular formula is C23H37N4O9PS. The second-order valence-corrected chi connectivity index (χ2v) is 13.2. The van der Waals surface area contributed by atoms with E-state index in [2.05, 4.69) is 10.1 Å². The minimum absolute atomic E-state index is 0.109. The van der Waals surface area contributed by atoms with Gasteiger partial charge in [0.25, 0.3) is 0 Å². The van der Waals surface area contributed by atoms with Gasteiger partial charge in [-0.15, -0.1) is 0 Å². The summed E-state index contributed by atoms with van der Waals surface area (Å²) in [6.45, 7) is 9.57. The maximum absolute atomic E-state index is 13.7. The third kappa shape index (κ3) is 7.23. The van der Waals surface area contributed by atoms with Gasteiger partial charge < -0.3 is 20.3 Å². The molecule has 0 amide bonds. The van der Waals surface area contributed by atoms with E-state index in [0.29, 0.717) is 0 Å². The molecule has 0 spiro atoms. The molecule has 2 heterocycles. The van der Waals surface area contributed by atoms with Gasteiger partial charge >= 0.3 is 19.4 Å². The standard InChI is InChI=1S/C23H37N4O9PS/c1-12(2)34-20(29)14(4)26-37(32,33-9-10-38-21(30)23(5,6)11-28)36-18-16-13(3)19(35-17(16)18)27-8-7-15(24)25-22(27)31/h7-8,12-14,16-19,28H,9-11H2,1-6H3,(H,26,32)(H2,24,25,31)/t13-,14+,16?,17-,18?,19+,37?/m0/s1.